The average molecular weight is 265 g/mol. The number of hydrogen-bond donors (Lipinski definition) is 2. The summed E-state index contributed by atoms with van der Waals surface area (Å²) in [6, 6.07) is -0.488. The van der Waals surface area contributed by atoms with Crippen LogP contribution >= 0.6 is 0 Å². The van der Waals surface area contributed by atoms with Crippen LogP contribution in [0.5, 0.6) is 0 Å². The molecule has 0 radical (unpaired) electrons. The lowest BCUT2D eigenvalue weighted by Gasteiger charge is -2.24. The fraction of sp³-hybridized carbons (Fsp3) is 0.909. The van der Waals surface area contributed by atoms with Crippen LogP contribution in [0.2, 0.25) is 0 Å². The Morgan fingerprint density at radius 2 is 1.94 bits per heavy atom. The average Bonchev–Trinajstić information content (AvgIpc) is 2.83. The minimum absolute atomic E-state index is 0.488. The lowest BCUT2D eigenvalue weighted by molar-refractivity contribution is -0.141. The molecule has 18 heavy (non-hydrogen) atoms. The van der Waals surface area contributed by atoms with Gasteiger partial charge in [0, 0.05) is 13.1 Å². The number of carbonyl (C=O) groups is 1. The van der Waals surface area contributed by atoms with Crippen molar-refractivity contribution >= 4 is 5.91 Å². The van der Waals surface area contributed by atoms with E-state index in [1.54, 1.807) is 6.92 Å². The Kier molecular flexibility index (Phi) is 3.82. The molecule has 0 aromatic heterocycles. The van der Waals surface area contributed by atoms with Crippen molar-refractivity contribution in [1.82, 2.24) is 15.5 Å². The number of hydrogen-bond acceptors (Lipinski definition) is 3. The Morgan fingerprint density at radius 3 is 2.44 bits per heavy atom. The van der Waals surface area contributed by atoms with E-state index in [9.17, 15) is 18.0 Å². The van der Waals surface area contributed by atoms with E-state index in [1.807, 2.05) is 10.2 Å². The van der Waals surface area contributed by atoms with Gasteiger partial charge in [-0.25, -0.2) is 0 Å². The molecule has 0 aromatic carbocycles. The SMILES string of the molecule is CC(C(=O)NCC(F)(F)F)N1C[C@H]2CNC[C@H]2C1. The minimum atomic E-state index is -4.35. The highest BCUT2D eigenvalue weighted by Gasteiger charge is 2.39. The molecule has 0 saturated carbocycles. The molecule has 2 heterocycles. The molecule has 1 amide bonds. The number of rotatable bonds is 3. The van der Waals surface area contributed by atoms with E-state index in [0.29, 0.717) is 11.8 Å². The molecule has 3 atom stereocenters. The zero-order valence-corrected chi connectivity index (χ0v) is 10.3. The topological polar surface area (TPSA) is 44.4 Å². The molecule has 0 aromatic rings. The summed E-state index contributed by atoms with van der Waals surface area (Å²) in [6.07, 6.45) is -4.35. The number of halogens is 3. The van der Waals surface area contributed by atoms with E-state index in [1.165, 1.54) is 0 Å². The number of nitrogens with one attached hydrogen (secondary N) is 2. The molecule has 0 aliphatic carbocycles. The van der Waals surface area contributed by atoms with Gasteiger partial charge in [0.1, 0.15) is 6.54 Å². The Balaban J connectivity index is 1.81. The van der Waals surface area contributed by atoms with E-state index >= 15 is 0 Å². The van der Waals surface area contributed by atoms with Gasteiger partial charge in [0.2, 0.25) is 5.91 Å². The second-order valence-electron chi connectivity index (χ2n) is 5.14. The van der Waals surface area contributed by atoms with Crippen LogP contribution in [-0.2, 0) is 4.79 Å². The Hall–Kier alpha value is -0.820. The third-order valence-corrected chi connectivity index (χ3v) is 3.81. The molecule has 2 saturated heterocycles. The summed E-state index contributed by atoms with van der Waals surface area (Å²) < 4.78 is 36.0. The zero-order valence-electron chi connectivity index (χ0n) is 10.3. The second-order valence-corrected chi connectivity index (χ2v) is 5.14. The van der Waals surface area contributed by atoms with Crippen LogP contribution < -0.4 is 10.6 Å². The molecule has 4 nitrogen and oxygen atoms in total. The molecule has 2 N–H and O–H groups in total. The van der Waals surface area contributed by atoms with Crippen molar-refractivity contribution in [2.75, 3.05) is 32.7 Å². The van der Waals surface area contributed by atoms with Crippen LogP contribution in [0.25, 0.3) is 0 Å². The van der Waals surface area contributed by atoms with Crippen LogP contribution in [0.1, 0.15) is 6.92 Å². The van der Waals surface area contributed by atoms with E-state index < -0.39 is 24.7 Å². The third kappa shape index (κ3) is 3.14. The molecule has 104 valence electrons. The smallest absolute Gasteiger partial charge is 0.346 e. The maximum absolute atomic E-state index is 12.0. The molecular weight excluding hydrogens is 247 g/mol. The van der Waals surface area contributed by atoms with Gasteiger partial charge in [0.15, 0.2) is 0 Å². The van der Waals surface area contributed by atoms with Gasteiger partial charge < -0.3 is 10.6 Å². The van der Waals surface area contributed by atoms with E-state index in [-0.39, 0.29) is 0 Å². The highest BCUT2D eigenvalue weighted by molar-refractivity contribution is 5.81. The van der Waals surface area contributed by atoms with Crippen LogP contribution in [0, 0.1) is 11.8 Å². The van der Waals surface area contributed by atoms with Crippen molar-refractivity contribution in [3.05, 3.63) is 0 Å². The number of likely N-dealkylation sites (tertiary alicyclic amines) is 1. The van der Waals surface area contributed by atoms with Gasteiger partial charge in [-0.2, -0.15) is 13.2 Å². The van der Waals surface area contributed by atoms with E-state index in [4.69, 9.17) is 0 Å². The summed E-state index contributed by atoms with van der Waals surface area (Å²) in [4.78, 5) is 13.6. The highest BCUT2D eigenvalue weighted by atomic mass is 19.4. The molecule has 2 aliphatic rings. The predicted molar refractivity (Wildman–Crippen MR) is 59.9 cm³/mol. The first-order valence-electron chi connectivity index (χ1n) is 6.16. The lowest BCUT2D eigenvalue weighted by atomic mass is 10.0. The van der Waals surface area contributed by atoms with Crippen LogP contribution in [0.4, 0.5) is 13.2 Å². The normalized spacial score (nSPS) is 30.2. The largest absolute Gasteiger partial charge is 0.405 e. The van der Waals surface area contributed by atoms with Crippen molar-refractivity contribution in [1.29, 1.82) is 0 Å². The standard InChI is InChI=1S/C11H18F3N3O/c1-7(10(18)16-6-11(12,13)14)17-4-8-2-15-3-9(8)5-17/h7-9,15H,2-6H2,1H3,(H,16,18)/t7?,8-,9+. The van der Waals surface area contributed by atoms with E-state index in [2.05, 4.69) is 5.32 Å². The maximum atomic E-state index is 12.0. The van der Waals surface area contributed by atoms with Crippen LogP contribution in [-0.4, -0.2) is 55.7 Å². The summed E-state index contributed by atoms with van der Waals surface area (Å²) in [6.45, 7) is 3.88. The van der Waals surface area contributed by atoms with Gasteiger partial charge in [0.05, 0.1) is 6.04 Å². The molecule has 0 bridgehead atoms. The molecule has 7 heteroatoms. The lowest BCUT2D eigenvalue weighted by Crippen LogP contribution is -2.47. The first-order chi connectivity index (χ1) is 8.37. The van der Waals surface area contributed by atoms with Crippen LogP contribution in [0.3, 0.4) is 0 Å². The maximum Gasteiger partial charge on any atom is 0.405 e. The van der Waals surface area contributed by atoms with Gasteiger partial charge in [-0.15, -0.1) is 0 Å². The third-order valence-electron chi connectivity index (χ3n) is 3.81. The Labute approximate surface area is 104 Å². The van der Waals surface area contributed by atoms with Crippen LogP contribution in [0.15, 0.2) is 0 Å². The predicted octanol–water partition coefficient (Wildman–Crippen LogP) is 0.205. The van der Waals surface area contributed by atoms with Crippen molar-refractivity contribution in [3.63, 3.8) is 0 Å². The molecule has 0 spiro atoms. The van der Waals surface area contributed by atoms with Crippen molar-refractivity contribution in [2.24, 2.45) is 11.8 Å². The van der Waals surface area contributed by atoms with Crippen molar-refractivity contribution < 1.29 is 18.0 Å². The molecule has 2 rings (SSSR count). The summed E-state index contributed by atoms with van der Waals surface area (Å²) in [5.41, 5.74) is 0. The number of amides is 1. The van der Waals surface area contributed by atoms with E-state index in [0.717, 1.165) is 26.2 Å². The van der Waals surface area contributed by atoms with Gasteiger partial charge in [-0.1, -0.05) is 0 Å². The van der Waals surface area contributed by atoms with Gasteiger partial charge in [-0.05, 0) is 31.8 Å². The fourth-order valence-corrected chi connectivity index (χ4v) is 2.71. The quantitative estimate of drug-likeness (QED) is 0.766. The fourth-order valence-electron chi connectivity index (χ4n) is 2.71. The summed E-state index contributed by atoms with van der Waals surface area (Å²) in [7, 11) is 0. The van der Waals surface area contributed by atoms with Gasteiger partial charge in [-0.3, -0.25) is 9.69 Å². The molecule has 1 unspecified atom stereocenters. The first kappa shape index (κ1) is 13.6. The molecule has 2 aliphatic heterocycles. The summed E-state index contributed by atoms with van der Waals surface area (Å²) in [5.74, 6) is 0.519. The minimum Gasteiger partial charge on any atom is -0.346 e. The molecule has 2 fully saturated rings. The summed E-state index contributed by atoms with van der Waals surface area (Å²) >= 11 is 0. The van der Waals surface area contributed by atoms with Gasteiger partial charge >= 0.3 is 6.18 Å². The number of nitrogens with zero attached hydrogens (tertiary/aromatic N) is 1. The van der Waals surface area contributed by atoms with Gasteiger partial charge in [0.25, 0.3) is 0 Å². The highest BCUT2D eigenvalue weighted by Crippen LogP contribution is 2.27. The first-order valence-corrected chi connectivity index (χ1v) is 6.16. The molecular formula is C11H18F3N3O. The Bertz CT molecular complexity index is 309. The monoisotopic (exact) mass is 265 g/mol. The van der Waals surface area contributed by atoms with Crippen molar-refractivity contribution in [2.45, 2.75) is 19.1 Å². The number of carbonyl (C=O) groups excluding carboxylic acids is 1. The number of fused-ring (bicyclic) bond motifs is 1. The Morgan fingerprint density at radius 1 is 1.39 bits per heavy atom. The second kappa shape index (κ2) is 5.05. The summed E-state index contributed by atoms with van der Waals surface area (Å²) in [5, 5.41) is 5.23. The zero-order chi connectivity index (χ0) is 13.3. The van der Waals surface area contributed by atoms with Crippen molar-refractivity contribution in [3.8, 4) is 0 Å². The number of alkyl halides is 3.